The minimum absolute atomic E-state index is 0.0124. The first kappa shape index (κ1) is 24.8. The molecule has 11 heteroatoms. The van der Waals surface area contributed by atoms with Gasteiger partial charge in [0.1, 0.15) is 11.5 Å². The highest BCUT2D eigenvalue weighted by molar-refractivity contribution is 7.99. The van der Waals surface area contributed by atoms with Gasteiger partial charge in [0.25, 0.3) is 5.91 Å². The van der Waals surface area contributed by atoms with Crippen molar-refractivity contribution >= 4 is 35.2 Å². The number of rotatable bonds is 4. The molecular formula is C25H19ClF4N2O3S. The fraction of sp³-hybridized carbons (Fsp3) is 0.320. The van der Waals surface area contributed by atoms with Gasteiger partial charge in [0, 0.05) is 5.56 Å². The summed E-state index contributed by atoms with van der Waals surface area (Å²) < 4.78 is 62.6. The molecule has 0 saturated heterocycles. The summed E-state index contributed by atoms with van der Waals surface area (Å²) in [5.74, 6) is -1.53. The van der Waals surface area contributed by atoms with Crippen molar-refractivity contribution in [3.63, 3.8) is 0 Å². The lowest BCUT2D eigenvalue weighted by molar-refractivity contribution is -0.160. The van der Waals surface area contributed by atoms with Crippen LogP contribution in [0.4, 0.5) is 17.6 Å². The Hall–Kier alpha value is -2.85. The molecule has 0 bridgehead atoms. The van der Waals surface area contributed by atoms with Gasteiger partial charge in [-0.15, -0.1) is 11.8 Å². The molecule has 1 aliphatic carbocycles. The number of nitrogens with zero attached hydrogens (tertiary/aromatic N) is 2. The Kier molecular flexibility index (Phi) is 6.15. The van der Waals surface area contributed by atoms with Gasteiger partial charge in [0.05, 0.1) is 39.3 Å². The van der Waals surface area contributed by atoms with Gasteiger partial charge >= 0.3 is 12.1 Å². The second-order valence-corrected chi connectivity index (χ2v) is 10.2. The number of benzene rings is 2. The van der Waals surface area contributed by atoms with E-state index in [0.29, 0.717) is 29.2 Å². The van der Waals surface area contributed by atoms with Gasteiger partial charge in [-0.25, -0.2) is 9.18 Å². The lowest BCUT2D eigenvalue weighted by Gasteiger charge is -2.23. The SMILES string of the molecule is COC(=O)c1ccc(-c2nn(C(=O)c3c(Cl)cccc3C3(C(F)(F)F)CC3)c3c2SCCC3)c(F)c1. The van der Waals surface area contributed by atoms with Gasteiger partial charge in [-0.05, 0) is 61.3 Å². The molecule has 0 N–H and O–H groups in total. The number of ether oxygens (including phenoxy) is 1. The average molecular weight is 539 g/mol. The van der Waals surface area contributed by atoms with E-state index in [-0.39, 0.29) is 45.8 Å². The smallest absolute Gasteiger partial charge is 0.398 e. The molecule has 1 fully saturated rings. The predicted molar refractivity (Wildman–Crippen MR) is 126 cm³/mol. The third-order valence-electron chi connectivity index (χ3n) is 6.61. The number of halogens is 5. The fourth-order valence-corrected chi connectivity index (χ4v) is 5.99. The van der Waals surface area contributed by atoms with Crippen LogP contribution in [0, 0.1) is 5.82 Å². The van der Waals surface area contributed by atoms with Crippen LogP contribution in [0.25, 0.3) is 11.3 Å². The molecule has 2 aliphatic rings. The number of hydrogen-bond donors (Lipinski definition) is 0. The fourth-order valence-electron chi connectivity index (χ4n) is 4.60. The van der Waals surface area contributed by atoms with Crippen LogP contribution in [0.2, 0.25) is 5.02 Å². The molecule has 188 valence electrons. The highest BCUT2D eigenvalue weighted by Gasteiger charge is 2.65. The van der Waals surface area contributed by atoms with Crippen molar-refractivity contribution in [3.8, 4) is 11.3 Å². The summed E-state index contributed by atoms with van der Waals surface area (Å²) in [6, 6.07) is 7.85. The topological polar surface area (TPSA) is 61.2 Å². The zero-order valence-electron chi connectivity index (χ0n) is 18.9. The average Bonchev–Trinajstić information content (AvgIpc) is 3.59. The molecule has 2 aromatic carbocycles. The first-order valence-corrected chi connectivity index (χ1v) is 12.5. The molecule has 0 unspecified atom stereocenters. The van der Waals surface area contributed by atoms with E-state index in [1.165, 1.54) is 49.2 Å². The molecule has 1 aliphatic heterocycles. The van der Waals surface area contributed by atoms with E-state index >= 15 is 4.39 Å². The molecule has 0 radical (unpaired) electrons. The predicted octanol–water partition coefficient (Wildman–Crippen LogP) is 6.45. The molecule has 0 atom stereocenters. The summed E-state index contributed by atoms with van der Waals surface area (Å²) in [6.45, 7) is 0. The zero-order valence-corrected chi connectivity index (χ0v) is 20.5. The maximum absolute atomic E-state index is 15.1. The summed E-state index contributed by atoms with van der Waals surface area (Å²) in [4.78, 5) is 26.1. The van der Waals surface area contributed by atoms with Gasteiger partial charge in [0.15, 0.2) is 0 Å². The van der Waals surface area contributed by atoms with Crippen LogP contribution in [-0.4, -0.2) is 40.7 Å². The molecule has 0 amide bonds. The molecule has 1 saturated carbocycles. The van der Waals surface area contributed by atoms with Crippen molar-refractivity contribution in [2.24, 2.45) is 0 Å². The maximum Gasteiger partial charge on any atom is 0.398 e. The number of hydrogen-bond acceptors (Lipinski definition) is 5. The van der Waals surface area contributed by atoms with Gasteiger partial charge < -0.3 is 4.74 Å². The van der Waals surface area contributed by atoms with Gasteiger partial charge in [-0.1, -0.05) is 23.7 Å². The van der Waals surface area contributed by atoms with Crippen LogP contribution in [0.5, 0.6) is 0 Å². The lowest BCUT2D eigenvalue weighted by Crippen LogP contribution is -2.32. The third-order valence-corrected chi connectivity index (χ3v) is 8.14. The summed E-state index contributed by atoms with van der Waals surface area (Å²) in [5, 5.41) is 4.29. The zero-order chi connectivity index (χ0) is 25.8. The molecule has 2 heterocycles. The quantitative estimate of drug-likeness (QED) is 0.282. The summed E-state index contributed by atoms with van der Waals surface area (Å²) >= 11 is 7.70. The number of carbonyl (C=O) groups is 2. The molecule has 36 heavy (non-hydrogen) atoms. The summed E-state index contributed by atoms with van der Waals surface area (Å²) in [5.41, 5.74) is -1.79. The van der Waals surface area contributed by atoms with Gasteiger partial charge in [0.2, 0.25) is 0 Å². The molecule has 3 aromatic rings. The van der Waals surface area contributed by atoms with Crippen molar-refractivity contribution in [1.82, 2.24) is 9.78 Å². The van der Waals surface area contributed by atoms with E-state index in [0.717, 1.165) is 10.7 Å². The highest BCUT2D eigenvalue weighted by Crippen LogP contribution is 2.60. The van der Waals surface area contributed by atoms with E-state index in [1.54, 1.807) is 0 Å². The molecule has 1 aromatic heterocycles. The second kappa shape index (κ2) is 8.92. The Bertz CT molecular complexity index is 1400. The van der Waals surface area contributed by atoms with Crippen molar-refractivity contribution < 1.29 is 31.9 Å². The van der Waals surface area contributed by atoms with E-state index in [4.69, 9.17) is 11.6 Å². The van der Waals surface area contributed by atoms with Crippen molar-refractivity contribution in [2.75, 3.05) is 12.9 Å². The van der Waals surface area contributed by atoms with Crippen molar-refractivity contribution in [3.05, 3.63) is 69.6 Å². The van der Waals surface area contributed by atoms with Crippen LogP contribution < -0.4 is 0 Å². The van der Waals surface area contributed by atoms with Gasteiger partial charge in [-0.2, -0.15) is 23.0 Å². The van der Waals surface area contributed by atoms with Crippen molar-refractivity contribution in [2.45, 2.75) is 42.2 Å². The molecule has 5 nitrogen and oxygen atoms in total. The first-order chi connectivity index (χ1) is 17.1. The number of fused-ring (bicyclic) bond motifs is 1. The maximum atomic E-state index is 15.1. The lowest BCUT2D eigenvalue weighted by atomic mass is 9.90. The molecule has 0 spiro atoms. The Morgan fingerprint density at radius 3 is 2.58 bits per heavy atom. The standard InChI is InChI=1S/C25H19ClF4N2O3S/c1-35-23(34)13-7-8-14(17(27)12-13)20-21-18(6-3-11-36-21)32(31-20)22(33)19-15(4-2-5-16(19)26)24(9-10-24)25(28,29)30/h2,4-5,7-8,12H,3,6,9-11H2,1H3. The van der Waals surface area contributed by atoms with Crippen LogP contribution in [-0.2, 0) is 16.6 Å². The van der Waals surface area contributed by atoms with Crippen molar-refractivity contribution in [1.29, 1.82) is 0 Å². The number of thioether (sulfide) groups is 1. The van der Waals surface area contributed by atoms with Crippen LogP contribution in [0.1, 0.15) is 51.2 Å². The minimum Gasteiger partial charge on any atom is -0.465 e. The second-order valence-electron chi connectivity index (χ2n) is 8.72. The number of aromatic nitrogens is 2. The monoisotopic (exact) mass is 538 g/mol. The van der Waals surface area contributed by atoms with E-state index in [2.05, 4.69) is 9.84 Å². The summed E-state index contributed by atoms with van der Waals surface area (Å²) in [7, 11) is 1.18. The van der Waals surface area contributed by atoms with Crippen LogP contribution in [0.15, 0.2) is 41.3 Å². The third kappa shape index (κ3) is 3.91. The first-order valence-electron chi connectivity index (χ1n) is 11.1. The number of esters is 1. The largest absolute Gasteiger partial charge is 0.465 e. The molecular weight excluding hydrogens is 520 g/mol. The number of carbonyl (C=O) groups excluding carboxylic acids is 2. The molecule has 5 rings (SSSR count). The Morgan fingerprint density at radius 1 is 1.19 bits per heavy atom. The number of methoxy groups -OCH3 is 1. The van der Waals surface area contributed by atoms with E-state index in [9.17, 15) is 22.8 Å². The normalized spacial score (nSPS) is 16.4. The van der Waals surface area contributed by atoms with Crippen LogP contribution in [0.3, 0.4) is 0 Å². The van der Waals surface area contributed by atoms with E-state index in [1.807, 2.05) is 0 Å². The van der Waals surface area contributed by atoms with Crippen LogP contribution >= 0.6 is 23.4 Å². The number of alkyl halides is 3. The Morgan fingerprint density at radius 2 is 1.94 bits per heavy atom. The summed E-state index contributed by atoms with van der Waals surface area (Å²) in [6.07, 6.45) is -3.66. The Labute approximate surface area is 212 Å². The van der Waals surface area contributed by atoms with E-state index < -0.39 is 29.3 Å². The van der Waals surface area contributed by atoms with Gasteiger partial charge in [-0.3, -0.25) is 4.79 Å². The Balaban J connectivity index is 1.65. The highest BCUT2D eigenvalue weighted by atomic mass is 35.5. The minimum atomic E-state index is -4.54.